The van der Waals surface area contributed by atoms with Crippen LogP contribution >= 0.6 is 23.3 Å². The fraction of sp³-hybridized carbons (Fsp3) is 0.400. The van der Waals surface area contributed by atoms with Crippen LogP contribution in [-0.4, -0.2) is 52.1 Å². The number of benzene rings is 1. The summed E-state index contributed by atoms with van der Waals surface area (Å²) in [6.45, 7) is 2.84. The number of carbonyl (C=O) groups is 1. The highest BCUT2D eigenvalue weighted by molar-refractivity contribution is 7.99. The maximum absolute atomic E-state index is 12.8. The molecule has 0 spiro atoms. The van der Waals surface area contributed by atoms with Crippen molar-refractivity contribution in [2.45, 2.75) is 11.3 Å². The number of aromatic nitrogens is 2. The van der Waals surface area contributed by atoms with E-state index in [2.05, 4.69) is 14.3 Å². The Bertz CT molecular complexity index is 685. The first-order valence-corrected chi connectivity index (χ1v) is 9.38. The Morgan fingerprint density at radius 2 is 1.96 bits per heavy atom. The number of nitrogens with zero attached hydrogens (tertiary/aromatic N) is 4. The van der Waals surface area contributed by atoms with E-state index < -0.39 is 0 Å². The van der Waals surface area contributed by atoms with Gasteiger partial charge in [-0.3, -0.25) is 4.79 Å². The third-order valence-corrected chi connectivity index (χ3v) is 5.54. The first-order chi connectivity index (χ1) is 11.6. The normalized spacial score (nSPS) is 14.9. The minimum absolute atomic E-state index is 0.154. The lowest BCUT2D eigenvalue weighted by Gasteiger charge is -2.34. The first kappa shape index (κ1) is 17.0. The molecule has 1 aliphatic heterocycles. The van der Waals surface area contributed by atoms with Crippen molar-refractivity contribution < 1.29 is 9.18 Å². The number of anilines is 2. The van der Waals surface area contributed by atoms with Gasteiger partial charge in [-0.2, -0.15) is 9.36 Å². The maximum Gasteiger partial charge on any atom is 0.233 e. The van der Waals surface area contributed by atoms with E-state index in [4.69, 9.17) is 5.73 Å². The lowest BCUT2D eigenvalue weighted by Crippen LogP contribution is -2.48. The third kappa shape index (κ3) is 4.35. The summed E-state index contributed by atoms with van der Waals surface area (Å²) >= 11 is 2.85. The van der Waals surface area contributed by atoms with Gasteiger partial charge in [-0.15, -0.1) is 11.8 Å². The molecule has 128 valence electrons. The molecular weight excluding hydrogens is 349 g/mol. The average molecular weight is 367 g/mol. The van der Waals surface area contributed by atoms with Crippen LogP contribution < -0.4 is 10.6 Å². The molecule has 0 unspecified atom stereocenters. The van der Waals surface area contributed by atoms with Crippen molar-refractivity contribution in [3.63, 3.8) is 0 Å². The second-order valence-electron chi connectivity index (χ2n) is 5.36. The van der Waals surface area contributed by atoms with Crippen LogP contribution in [0.1, 0.15) is 6.42 Å². The van der Waals surface area contributed by atoms with Crippen molar-refractivity contribution in [1.29, 1.82) is 0 Å². The van der Waals surface area contributed by atoms with Gasteiger partial charge in [0.2, 0.25) is 17.0 Å². The number of piperazine rings is 1. The summed E-state index contributed by atoms with van der Waals surface area (Å²) in [5.74, 6) is 0.898. The molecule has 1 amide bonds. The summed E-state index contributed by atoms with van der Waals surface area (Å²) < 4.78 is 16.8. The van der Waals surface area contributed by atoms with E-state index >= 15 is 0 Å². The molecule has 1 saturated heterocycles. The van der Waals surface area contributed by atoms with Crippen molar-refractivity contribution >= 4 is 40.3 Å². The SMILES string of the molecule is Nc1nsc(N2CCN(C(=O)CCSc3ccc(F)cc3)CC2)n1. The number of hydrogen-bond donors (Lipinski definition) is 1. The second-order valence-corrected chi connectivity index (χ2v) is 7.25. The second kappa shape index (κ2) is 7.80. The molecule has 1 fully saturated rings. The summed E-state index contributed by atoms with van der Waals surface area (Å²) in [5, 5.41) is 0.812. The van der Waals surface area contributed by atoms with Gasteiger partial charge in [-0.25, -0.2) is 4.39 Å². The minimum atomic E-state index is -0.245. The predicted octanol–water partition coefficient (Wildman–Crippen LogP) is 2.09. The highest BCUT2D eigenvalue weighted by atomic mass is 32.2. The molecule has 9 heteroatoms. The Balaban J connectivity index is 1.41. The molecule has 2 aromatic rings. The lowest BCUT2D eigenvalue weighted by molar-refractivity contribution is -0.131. The van der Waals surface area contributed by atoms with Gasteiger partial charge in [0, 0.05) is 54.8 Å². The summed E-state index contributed by atoms with van der Waals surface area (Å²) in [4.78, 5) is 21.4. The van der Waals surface area contributed by atoms with E-state index in [1.807, 2.05) is 4.90 Å². The fourth-order valence-corrected chi connectivity index (χ4v) is 3.94. The predicted molar refractivity (Wildman–Crippen MR) is 94.9 cm³/mol. The number of rotatable bonds is 5. The molecule has 3 rings (SSSR count). The van der Waals surface area contributed by atoms with Gasteiger partial charge in [-0.1, -0.05) is 0 Å². The van der Waals surface area contributed by atoms with Crippen LogP contribution in [0.2, 0.25) is 0 Å². The van der Waals surface area contributed by atoms with Crippen molar-refractivity contribution in [3.05, 3.63) is 30.1 Å². The highest BCUT2D eigenvalue weighted by Gasteiger charge is 2.22. The van der Waals surface area contributed by atoms with Crippen LogP contribution in [0.25, 0.3) is 0 Å². The Hall–Kier alpha value is -1.87. The highest BCUT2D eigenvalue weighted by Crippen LogP contribution is 2.21. The number of amides is 1. The van der Waals surface area contributed by atoms with E-state index in [1.165, 1.54) is 23.7 Å². The first-order valence-electron chi connectivity index (χ1n) is 7.62. The lowest BCUT2D eigenvalue weighted by atomic mass is 10.3. The molecule has 0 radical (unpaired) electrons. The van der Waals surface area contributed by atoms with E-state index in [0.29, 0.717) is 31.2 Å². The zero-order chi connectivity index (χ0) is 16.9. The molecule has 2 N–H and O–H groups in total. The van der Waals surface area contributed by atoms with Crippen LogP contribution in [0.15, 0.2) is 29.2 Å². The molecule has 24 heavy (non-hydrogen) atoms. The minimum Gasteiger partial charge on any atom is -0.367 e. The van der Waals surface area contributed by atoms with E-state index in [1.54, 1.807) is 23.9 Å². The number of halogens is 1. The quantitative estimate of drug-likeness (QED) is 0.816. The molecule has 1 aromatic heterocycles. The summed E-state index contributed by atoms with van der Waals surface area (Å²) in [5.41, 5.74) is 5.55. The number of hydrogen-bond acceptors (Lipinski definition) is 7. The zero-order valence-electron chi connectivity index (χ0n) is 13.0. The topological polar surface area (TPSA) is 75.3 Å². The Morgan fingerprint density at radius 1 is 1.25 bits per heavy atom. The van der Waals surface area contributed by atoms with Crippen LogP contribution in [0.3, 0.4) is 0 Å². The van der Waals surface area contributed by atoms with Crippen molar-refractivity contribution in [3.8, 4) is 0 Å². The van der Waals surface area contributed by atoms with Crippen molar-refractivity contribution in [2.75, 3.05) is 42.6 Å². The third-order valence-electron chi connectivity index (χ3n) is 3.73. The summed E-state index contributed by atoms with van der Waals surface area (Å²) in [7, 11) is 0. The maximum atomic E-state index is 12.8. The van der Waals surface area contributed by atoms with Gasteiger partial charge in [0.05, 0.1) is 0 Å². The number of carbonyl (C=O) groups excluding carboxylic acids is 1. The van der Waals surface area contributed by atoms with Crippen LogP contribution in [0, 0.1) is 5.82 Å². The van der Waals surface area contributed by atoms with Crippen LogP contribution in [-0.2, 0) is 4.79 Å². The Morgan fingerprint density at radius 3 is 2.58 bits per heavy atom. The molecule has 2 heterocycles. The molecule has 1 aromatic carbocycles. The molecule has 0 saturated carbocycles. The van der Waals surface area contributed by atoms with Crippen molar-refractivity contribution in [2.24, 2.45) is 0 Å². The van der Waals surface area contributed by atoms with Crippen molar-refractivity contribution in [1.82, 2.24) is 14.3 Å². The van der Waals surface area contributed by atoms with Gasteiger partial charge in [0.15, 0.2) is 0 Å². The summed E-state index contributed by atoms with van der Waals surface area (Å²) in [6, 6.07) is 6.33. The molecule has 0 bridgehead atoms. The van der Waals surface area contributed by atoms with E-state index in [-0.39, 0.29) is 11.7 Å². The molecule has 0 atom stereocenters. The molecule has 0 aliphatic carbocycles. The van der Waals surface area contributed by atoms with E-state index in [9.17, 15) is 9.18 Å². The van der Waals surface area contributed by atoms with Gasteiger partial charge in [0.25, 0.3) is 0 Å². The number of thioether (sulfide) groups is 1. The van der Waals surface area contributed by atoms with Gasteiger partial charge < -0.3 is 15.5 Å². The number of nitrogen functional groups attached to an aromatic ring is 1. The van der Waals surface area contributed by atoms with Crippen LogP contribution in [0.4, 0.5) is 15.5 Å². The molecular formula is C15H18FN5OS2. The van der Waals surface area contributed by atoms with Gasteiger partial charge in [0.1, 0.15) is 5.82 Å². The van der Waals surface area contributed by atoms with Crippen LogP contribution in [0.5, 0.6) is 0 Å². The standard InChI is InChI=1S/C15H18FN5OS2/c16-11-1-3-12(4-2-11)23-10-5-13(22)20-6-8-21(9-7-20)15-18-14(17)19-24-15/h1-4H,5-10H2,(H2,17,19). The monoisotopic (exact) mass is 367 g/mol. The summed E-state index contributed by atoms with van der Waals surface area (Å²) in [6.07, 6.45) is 0.480. The largest absolute Gasteiger partial charge is 0.367 e. The average Bonchev–Trinajstić information content (AvgIpc) is 3.03. The molecule has 6 nitrogen and oxygen atoms in total. The Kier molecular flexibility index (Phi) is 5.52. The van der Waals surface area contributed by atoms with E-state index in [0.717, 1.165) is 23.1 Å². The van der Waals surface area contributed by atoms with Gasteiger partial charge in [-0.05, 0) is 24.3 Å². The zero-order valence-corrected chi connectivity index (χ0v) is 14.7. The smallest absolute Gasteiger partial charge is 0.233 e. The number of nitrogens with two attached hydrogens (primary N) is 1. The Labute approximate surface area is 148 Å². The fourth-order valence-electron chi connectivity index (χ4n) is 2.45. The molecule has 1 aliphatic rings. The van der Waals surface area contributed by atoms with Gasteiger partial charge >= 0.3 is 0 Å².